The zero-order valence-electron chi connectivity index (χ0n) is 16.6. The Labute approximate surface area is 181 Å². The van der Waals surface area contributed by atoms with Gasteiger partial charge in [-0.15, -0.1) is 22.7 Å². The Morgan fingerprint density at radius 1 is 1.27 bits per heavy atom. The van der Waals surface area contributed by atoms with Gasteiger partial charge in [-0.2, -0.15) is 0 Å². The maximum atomic E-state index is 11.8. The highest BCUT2D eigenvalue weighted by Gasteiger charge is 2.21. The number of oxazole rings is 1. The van der Waals surface area contributed by atoms with E-state index in [9.17, 15) is 4.79 Å². The average molecular weight is 450 g/mol. The van der Waals surface area contributed by atoms with E-state index in [1.54, 1.807) is 19.2 Å². The summed E-state index contributed by atoms with van der Waals surface area (Å²) in [5.41, 5.74) is 18.3. The number of carbonyl (C=O) groups is 1. The van der Waals surface area contributed by atoms with Gasteiger partial charge in [0.1, 0.15) is 27.2 Å². The van der Waals surface area contributed by atoms with Crippen LogP contribution in [0.2, 0.25) is 0 Å². The van der Waals surface area contributed by atoms with E-state index in [4.69, 9.17) is 26.4 Å². The molecule has 3 heterocycles. The van der Waals surface area contributed by atoms with Crippen molar-refractivity contribution in [2.45, 2.75) is 32.7 Å². The molecule has 12 heteroatoms. The van der Waals surface area contributed by atoms with Crippen LogP contribution in [0.5, 0.6) is 0 Å². The second-order valence-electron chi connectivity index (χ2n) is 6.31. The Kier molecular flexibility index (Phi) is 7.13. The normalized spacial score (nSPS) is 12.0. The second-order valence-corrected chi connectivity index (χ2v) is 8.06. The Morgan fingerprint density at radius 3 is 2.80 bits per heavy atom. The van der Waals surface area contributed by atoms with Crippen LogP contribution < -0.4 is 17.2 Å². The van der Waals surface area contributed by atoms with Gasteiger partial charge >= 0.3 is 5.97 Å². The lowest BCUT2D eigenvalue weighted by Gasteiger charge is -2.06. The summed E-state index contributed by atoms with van der Waals surface area (Å²) in [5.74, 6) is 0.584. The van der Waals surface area contributed by atoms with E-state index in [0.717, 1.165) is 11.4 Å². The molecule has 1 atom stereocenters. The average Bonchev–Trinajstić information content (AvgIpc) is 3.43. The third-order valence-electron chi connectivity index (χ3n) is 4.01. The number of thiazole rings is 2. The predicted octanol–water partition coefficient (Wildman–Crippen LogP) is 2.46. The van der Waals surface area contributed by atoms with Crippen LogP contribution in [0.1, 0.15) is 47.1 Å². The van der Waals surface area contributed by atoms with E-state index in [2.05, 4.69) is 19.9 Å². The number of nitrogens with two attached hydrogens (primary N) is 3. The minimum absolute atomic E-state index is 0.0739. The Hall–Kier alpha value is -2.83. The summed E-state index contributed by atoms with van der Waals surface area (Å²) in [7, 11) is 0. The summed E-state index contributed by atoms with van der Waals surface area (Å²) in [6.07, 6.45) is 1.46. The van der Waals surface area contributed by atoms with Crippen molar-refractivity contribution in [3.63, 3.8) is 0 Å². The van der Waals surface area contributed by atoms with E-state index in [0.29, 0.717) is 47.6 Å². The lowest BCUT2D eigenvalue weighted by molar-refractivity contribution is 0.0520. The molecule has 0 aliphatic carbocycles. The first-order valence-electron chi connectivity index (χ1n) is 9.26. The van der Waals surface area contributed by atoms with Gasteiger partial charge in [0.05, 0.1) is 12.6 Å². The Bertz CT molecular complexity index is 1040. The summed E-state index contributed by atoms with van der Waals surface area (Å²) < 4.78 is 10.8. The van der Waals surface area contributed by atoms with E-state index in [1.165, 1.54) is 22.7 Å². The zero-order chi connectivity index (χ0) is 21.7. The Morgan fingerprint density at radius 2 is 2.07 bits per heavy atom. The van der Waals surface area contributed by atoms with Crippen molar-refractivity contribution in [1.29, 1.82) is 0 Å². The van der Waals surface area contributed by atoms with Crippen molar-refractivity contribution < 1.29 is 13.9 Å². The zero-order valence-corrected chi connectivity index (χ0v) is 18.3. The van der Waals surface area contributed by atoms with E-state index >= 15 is 0 Å². The Balaban J connectivity index is 1.71. The van der Waals surface area contributed by atoms with E-state index < -0.39 is 5.97 Å². The van der Waals surface area contributed by atoms with Crippen LogP contribution in [0.25, 0.3) is 22.3 Å². The number of aryl methyl sites for hydroxylation is 1. The van der Waals surface area contributed by atoms with Gasteiger partial charge in [0.25, 0.3) is 0 Å². The van der Waals surface area contributed by atoms with E-state index in [-0.39, 0.29) is 17.7 Å². The van der Waals surface area contributed by atoms with Crippen LogP contribution in [0, 0.1) is 6.92 Å². The number of carbonyl (C=O) groups excluding carboxylic acids is 1. The highest BCUT2D eigenvalue weighted by molar-refractivity contribution is 7.13. The monoisotopic (exact) mass is 449 g/mol. The number of ether oxygens (including phenoxy) is 1. The van der Waals surface area contributed by atoms with Gasteiger partial charge in [-0.25, -0.2) is 19.7 Å². The van der Waals surface area contributed by atoms with Crippen LogP contribution in [0.4, 0.5) is 0 Å². The standard InChI is InChI=1S/C18H23N7O3S2/c1-3-27-17(26)12-8-30-16(24-12)13-9(2)28-14(25-13)11-7-29-15(23-11)10(19)5-4-6-22-18(20)21/h7-8,10H,3-6,19H2,1-2H3,(H4,20,21,22)/t10-/m0/s1. The molecule has 0 saturated carbocycles. The first kappa shape index (κ1) is 21.9. The number of rotatable bonds is 9. The molecule has 0 spiro atoms. The number of hydrogen-bond acceptors (Lipinski definition) is 10. The summed E-state index contributed by atoms with van der Waals surface area (Å²) >= 11 is 2.75. The molecule has 0 aliphatic heterocycles. The van der Waals surface area contributed by atoms with Crippen molar-refractivity contribution in [2.24, 2.45) is 22.2 Å². The lowest BCUT2D eigenvalue weighted by Crippen LogP contribution is -2.23. The third-order valence-corrected chi connectivity index (χ3v) is 5.84. The third kappa shape index (κ3) is 5.20. The van der Waals surface area contributed by atoms with Crippen molar-refractivity contribution in [3.05, 3.63) is 27.2 Å². The minimum atomic E-state index is -0.459. The van der Waals surface area contributed by atoms with Gasteiger partial charge in [-0.3, -0.25) is 4.99 Å². The van der Waals surface area contributed by atoms with Crippen molar-refractivity contribution >= 4 is 34.6 Å². The molecule has 3 aromatic rings. The van der Waals surface area contributed by atoms with Crippen LogP contribution in [0.15, 0.2) is 20.2 Å². The van der Waals surface area contributed by atoms with Crippen LogP contribution in [-0.4, -0.2) is 40.0 Å². The van der Waals surface area contributed by atoms with E-state index in [1.807, 2.05) is 5.38 Å². The fraction of sp³-hybridized carbons (Fsp3) is 0.389. The number of guanidine groups is 1. The fourth-order valence-electron chi connectivity index (χ4n) is 2.58. The molecule has 0 bridgehead atoms. The largest absolute Gasteiger partial charge is 0.461 e. The van der Waals surface area contributed by atoms with Gasteiger partial charge < -0.3 is 26.4 Å². The van der Waals surface area contributed by atoms with Crippen molar-refractivity contribution in [1.82, 2.24) is 15.0 Å². The summed E-state index contributed by atoms with van der Waals surface area (Å²) in [4.78, 5) is 29.2. The molecular formula is C18H23N7O3S2. The molecule has 0 unspecified atom stereocenters. The quantitative estimate of drug-likeness (QED) is 0.192. The van der Waals surface area contributed by atoms with Crippen molar-refractivity contribution in [3.8, 4) is 22.3 Å². The number of aromatic nitrogens is 3. The first-order chi connectivity index (χ1) is 14.4. The number of esters is 1. The summed E-state index contributed by atoms with van der Waals surface area (Å²) in [5, 5.41) is 4.86. The minimum Gasteiger partial charge on any atom is -0.461 e. The molecule has 0 radical (unpaired) electrons. The predicted molar refractivity (Wildman–Crippen MR) is 116 cm³/mol. The molecule has 6 N–H and O–H groups in total. The molecule has 3 aromatic heterocycles. The van der Waals surface area contributed by atoms with Crippen molar-refractivity contribution in [2.75, 3.05) is 13.2 Å². The fourth-order valence-corrected chi connectivity index (χ4v) is 4.24. The summed E-state index contributed by atoms with van der Waals surface area (Å²) in [6, 6.07) is -0.223. The van der Waals surface area contributed by atoms with Gasteiger partial charge in [0.2, 0.25) is 5.89 Å². The second kappa shape index (κ2) is 9.78. The van der Waals surface area contributed by atoms with Gasteiger partial charge in [-0.05, 0) is 26.7 Å². The van der Waals surface area contributed by atoms with Gasteiger partial charge in [0.15, 0.2) is 11.7 Å². The molecule has 30 heavy (non-hydrogen) atoms. The van der Waals surface area contributed by atoms with Crippen LogP contribution in [0.3, 0.4) is 0 Å². The maximum absolute atomic E-state index is 11.8. The molecule has 0 amide bonds. The molecule has 160 valence electrons. The SMILES string of the molecule is CCOC(=O)c1csc(-c2nc(-c3csc([C@@H](N)CCCN=C(N)N)n3)oc2C)n1. The number of aliphatic imine (C=N–C) groups is 1. The smallest absolute Gasteiger partial charge is 0.357 e. The number of hydrogen-bond donors (Lipinski definition) is 3. The summed E-state index contributed by atoms with van der Waals surface area (Å²) in [6.45, 7) is 4.36. The molecule has 0 aliphatic rings. The molecule has 3 rings (SSSR count). The molecule has 0 aromatic carbocycles. The van der Waals surface area contributed by atoms with Gasteiger partial charge in [0, 0.05) is 17.3 Å². The lowest BCUT2D eigenvalue weighted by atomic mass is 10.2. The van der Waals surface area contributed by atoms with Crippen LogP contribution >= 0.6 is 22.7 Å². The molecule has 0 fully saturated rings. The van der Waals surface area contributed by atoms with Crippen LogP contribution in [-0.2, 0) is 4.74 Å². The highest BCUT2D eigenvalue weighted by atomic mass is 32.1. The number of nitrogens with zero attached hydrogens (tertiary/aromatic N) is 4. The molecular weight excluding hydrogens is 426 g/mol. The maximum Gasteiger partial charge on any atom is 0.357 e. The topological polar surface area (TPSA) is 169 Å². The first-order valence-corrected chi connectivity index (χ1v) is 11.0. The molecule has 0 saturated heterocycles. The highest BCUT2D eigenvalue weighted by Crippen LogP contribution is 2.32. The molecule has 10 nitrogen and oxygen atoms in total. The van der Waals surface area contributed by atoms with Gasteiger partial charge in [-0.1, -0.05) is 0 Å².